The summed E-state index contributed by atoms with van der Waals surface area (Å²) in [4.78, 5) is -0.499. The number of rotatable bonds is 4. The molecule has 1 saturated carbocycles. The monoisotopic (exact) mass is 303 g/mol. The third-order valence-corrected chi connectivity index (χ3v) is 5.47. The Morgan fingerprint density at radius 3 is 2.45 bits per heavy atom. The predicted molar refractivity (Wildman–Crippen MR) is 72.7 cm³/mol. The molecule has 1 aliphatic carbocycles. The van der Waals surface area contributed by atoms with Gasteiger partial charge in [0.05, 0.1) is 0 Å². The van der Waals surface area contributed by atoms with E-state index in [9.17, 15) is 17.2 Å². The van der Waals surface area contributed by atoms with E-state index < -0.39 is 26.6 Å². The van der Waals surface area contributed by atoms with Gasteiger partial charge in [-0.15, -0.1) is 0 Å². The van der Waals surface area contributed by atoms with E-state index in [1.165, 1.54) is 6.42 Å². The second kappa shape index (κ2) is 6.18. The highest BCUT2D eigenvalue weighted by Gasteiger charge is 2.26. The van der Waals surface area contributed by atoms with Crippen molar-refractivity contribution in [2.24, 2.45) is 5.92 Å². The van der Waals surface area contributed by atoms with Crippen LogP contribution >= 0.6 is 0 Å². The molecular formula is C14H19F2NO2S. The lowest BCUT2D eigenvalue weighted by atomic mass is 9.85. The molecule has 1 aromatic carbocycles. The van der Waals surface area contributed by atoms with E-state index in [1.54, 1.807) is 6.92 Å². The minimum atomic E-state index is -3.95. The summed E-state index contributed by atoms with van der Waals surface area (Å²) in [6.07, 6.45) is 5.34. The fraction of sp³-hybridized carbons (Fsp3) is 0.571. The van der Waals surface area contributed by atoms with Crippen LogP contribution in [0.1, 0.15) is 39.0 Å². The van der Waals surface area contributed by atoms with E-state index >= 15 is 0 Å². The largest absolute Gasteiger partial charge is 0.243 e. The van der Waals surface area contributed by atoms with Gasteiger partial charge < -0.3 is 0 Å². The van der Waals surface area contributed by atoms with Gasteiger partial charge in [-0.2, -0.15) is 0 Å². The van der Waals surface area contributed by atoms with Crippen molar-refractivity contribution in [3.63, 3.8) is 0 Å². The first-order valence-electron chi connectivity index (χ1n) is 6.87. The van der Waals surface area contributed by atoms with Gasteiger partial charge in [0.15, 0.2) is 0 Å². The molecule has 6 heteroatoms. The Morgan fingerprint density at radius 1 is 1.20 bits per heavy atom. The maximum absolute atomic E-state index is 13.6. The highest BCUT2D eigenvalue weighted by Crippen LogP contribution is 2.27. The topological polar surface area (TPSA) is 46.2 Å². The SMILES string of the molecule is CC(NS(=O)(=O)c1ccc(F)cc1F)C1CCCCC1. The first-order valence-corrected chi connectivity index (χ1v) is 8.36. The summed E-state index contributed by atoms with van der Waals surface area (Å²) in [5, 5.41) is 0. The van der Waals surface area contributed by atoms with Crippen molar-refractivity contribution in [1.29, 1.82) is 0 Å². The summed E-state index contributed by atoms with van der Waals surface area (Å²) in [6, 6.07) is 2.24. The van der Waals surface area contributed by atoms with Gasteiger partial charge in [-0.1, -0.05) is 19.3 Å². The van der Waals surface area contributed by atoms with E-state index in [-0.39, 0.29) is 12.0 Å². The molecule has 0 saturated heterocycles. The van der Waals surface area contributed by atoms with Gasteiger partial charge >= 0.3 is 0 Å². The van der Waals surface area contributed by atoms with Crippen LogP contribution < -0.4 is 4.72 Å². The summed E-state index contributed by atoms with van der Waals surface area (Å²) >= 11 is 0. The molecule has 1 fully saturated rings. The van der Waals surface area contributed by atoms with Crippen LogP contribution in [0.4, 0.5) is 8.78 Å². The van der Waals surface area contributed by atoms with Crippen LogP contribution in [0.3, 0.4) is 0 Å². The van der Waals surface area contributed by atoms with Gasteiger partial charge in [0.2, 0.25) is 10.0 Å². The van der Waals surface area contributed by atoms with Crippen LogP contribution in [-0.2, 0) is 10.0 Å². The van der Waals surface area contributed by atoms with E-state index in [0.29, 0.717) is 6.07 Å². The van der Waals surface area contributed by atoms with Crippen LogP contribution in [0.2, 0.25) is 0 Å². The van der Waals surface area contributed by atoms with E-state index in [2.05, 4.69) is 4.72 Å². The van der Waals surface area contributed by atoms with Crippen LogP contribution in [0.25, 0.3) is 0 Å². The van der Waals surface area contributed by atoms with E-state index in [0.717, 1.165) is 37.8 Å². The van der Waals surface area contributed by atoms with Crippen molar-refractivity contribution in [3.05, 3.63) is 29.8 Å². The Labute approximate surface area is 118 Å². The van der Waals surface area contributed by atoms with Crippen molar-refractivity contribution in [3.8, 4) is 0 Å². The summed E-state index contributed by atoms with van der Waals surface area (Å²) in [6.45, 7) is 1.80. The molecule has 0 spiro atoms. The van der Waals surface area contributed by atoms with Gasteiger partial charge in [-0.3, -0.25) is 0 Å². The molecule has 0 amide bonds. The Hall–Kier alpha value is -1.01. The molecule has 1 aliphatic rings. The standard InChI is InChI=1S/C14H19F2NO2S/c1-10(11-5-3-2-4-6-11)17-20(18,19)14-8-7-12(15)9-13(14)16/h7-11,17H,2-6H2,1H3. The molecular weight excluding hydrogens is 284 g/mol. The lowest BCUT2D eigenvalue weighted by molar-refractivity contribution is 0.303. The fourth-order valence-electron chi connectivity index (χ4n) is 2.73. The first-order chi connectivity index (χ1) is 9.40. The minimum absolute atomic E-state index is 0.246. The second-order valence-corrected chi connectivity index (χ2v) is 7.07. The molecule has 112 valence electrons. The number of halogens is 2. The number of sulfonamides is 1. The third-order valence-electron chi connectivity index (χ3n) is 3.88. The summed E-state index contributed by atoms with van der Waals surface area (Å²) in [5.74, 6) is -1.57. The zero-order valence-electron chi connectivity index (χ0n) is 11.4. The molecule has 2 rings (SSSR count). The van der Waals surface area contributed by atoms with Crippen LogP contribution in [0.15, 0.2) is 23.1 Å². The highest BCUT2D eigenvalue weighted by molar-refractivity contribution is 7.89. The van der Waals surface area contributed by atoms with Crippen LogP contribution in [0, 0.1) is 17.6 Å². The average Bonchev–Trinajstić information content (AvgIpc) is 2.38. The molecule has 0 aliphatic heterocycles. The Balaban J connectivity index is 2.13. The zero-order valence-corrected chi connectivity index (χ0v) is 12.2. The minimum Gasteiger partial charge on any atom is -0.208 e. The first kappa shape index (κ1) is 15.4. The molecule has 20 heavy (non-hydrogen) atoms. The van der Waals surface area contributed by atoms with Crippen molar-refractivity contribution in [2.45, 2.75) is 50.0 Å². The molecule has 0 bridgehead atoms. The normalized spacial score (nSPS) is 18.9. The number of hydrogen-bond acceptors (Lipinski definition) is 2. The molecule has 0 heterocycles. The molecule has 0 radical (unpaired) electrons. The molecule has 3 nitrogen and oxygen atoms in total. The molecule has 0 aromatic heterocycles. The summed E-state index contributed by atoms with van der Waals surface area (Å²) in [7, 11) is -3.95. The lowest BCUT2D eigenvalue weighted by Crippen LogP contribution is -2.39. The van der Waals surface area contributed by atoms with Crippen LogP contribution in [0.5, 0.6) is 0 Å². The van der Waals surface area contributed by atoms with Crippen molar-refractivity contribution in [2.75, 3.05) is 0 Å². The predicted octanol–water partition coefficient (Wildman–Crippen LogP) is 3.21. The number of benzene rings is 1. The lowest BCUT2D eigenvalue weighted by Gasteiger charge is -2.28. The van der Waals surface area contributed by atoms with Crippen molar-refractivity contribution < 1.29 is 17.2 Å². The quantitative estimate of drug-likeness (QED) is 0.928. The maximum Gasteiger partial charge on any atom is 0.243 e. The summed E-state index contributed by atoms with van der Waals surface area (Å²) < 4.78 is 53.2. The maximum atomic E-state index is 13.6. The van der Waals surface area contributed by atoms with Gasteiger partial charge in [0.1, 0.15) is 16.5 Å². The van der Waals surface area contributed by atoms with Gasteiger partial charge in [-0.05, 0) is 37.8 Å². The smallest absolute Gasteiger partial charge is 0.208 e. The van der Waals surface area contributed by atoms with Gasteiger partial charge in [0, 0.05) is 12.1 Å². The molecule has 1 atom stereocenters. The van der Waals surface area contributed by atoms with E-state index in [1.807, 2.05) is 0 Å². The van der Waals surface area contributed by atoms with Gasteiger partial charge in [-0.25, -0.2) is 21.9 Å². The number of hydrogen-bond donors (Lipinski definition) is 1. The van der Waals surface area contributed by atoms with Crippen LogP contribution in [-0.4, -0.2) is 14.5 Å². The number of nitrogens with one attached hydrogen (secondary N) is 1. The van der Waals surface area contributed by atoms with E-state index in [4.69, 9.17) is 0 Å². The second-order valence-electron chi connectivity index (χ2n) is 5.38. The molecule has 1 N–H and O–H groups in total. The van der Waals surface area contributed by atoms with Crippen molar-refractivity contribution in [1.82, 2.24) is 4.72 Å². The van der Waals surface area contributed by atoms with Crippen molar-refractivity contribution >= 4 is 10.0 Å². The molecule has 1 unspecified atom stereocenters. The highest BCUT2D eigenvalue weighted by atomic mass is 32.2. The average molecular weight is 303 g/mol. The Kier molecular flexibility index (Phi) is 4.75. The Bertz CT molecular complexity index is 569. The Morgan fingerprint density at radius 2 is 1.85 bits per heavy atom. The van der Waals surface area contributed by atoms with Gasteiger partial charge in [0.25, 0.3) is 0 Å². The summed E-state index contributed by atoms with van der Waals surface area (Å²) in [5.41, 5.74) is 0. The molecule has 1 aromatic rings. The zero-order chi connectivity index (χ0) is 14.8. The fourth-order valence-corrected chi connectivity index (χ4v) is 4.10. The third kappa shape index (κ3) is 3.55.